The highest BCUT2D eigenvalue weighted by atomic mass is 16.5. The second kappa shape index (κ2) is 9.16. The number of hydrogen-bond acceptors (Lipinski definition) is 7. The third-order valence-electron chi connectivity index (χ3n) is 6.67. The van der Waals surface area contributed by atoms with E-state index >= 15 is 0 Å². The molecule has 1 aliphatic carbocycles. The highest BCUT2D eigenvalue weighted by molar-refractivity contribution is 5.80. The lowest BCUT2D eigenvalue weighted by atomic mass is 9.92. The Kier molecular flexibility index (Phi) is 6.40. The van der Waals surface area contributed by atoms with Gasteiger partial charge in [-0.2, -0.15) is 9.97 Å². The highest BCUT2D eigenvalue weighted by Gasteiger charge is 2.29. The Labute approximate surface area is 169 Å². The van der Waals surface area contributed by atoms with Crippen molar-refractivity contribution in [3.8, 4) is 6.01 Å². The summed E-state index contributed by atoms with van der Waals surface area (Å²) in [5.41, 5.74) is 6.99. The van der Waals surface area contributed by atoms with E-state index in [4.69, 9.17) is 10.5 Å². The lowest BCUT2D eigenvalue weighted by Crippen LogP contribution is -2.40. The molecule has 7 heteroatoms. The van der Waals surface area contributed by atoms with E-state index in [0.29, 0.717) is 18.4 Å². The first-order valence-corrected chi connectivity index (χ1v) is 11.3. The molecule has 0 bridgehead atoms. The Hall–Kier alpha value is -1.76. The summed E-state index contributed by atoms with van der Waals surface area (Å²) in [4.78, 5) is 14.0. The maximum absolute atomic E-state index is 6.13. The van der Waals surface area contributed by atoms with Gasteiger partial charge in [-0.25, -0.2) is 0 Å². The second-order valence-corrected chi connectivity index (χ2v) is 8.60. The third-order valence-corrected chi connectivity index (χ3v) is 6.67. The molecule has 0 unspecified atom stereocenters. The van der Waals surface area contributed by atoms with Crippen molar-refractivity contribution in [2.24, 2.45) is 5.92 Å². The third kappa shape index (κ3) is 4.45. The van der Waals surface area contributed by atoms with Gasteiger partial charge < -0.3 is 25.6 Å². The van der Waals surface area contributed by atoms with Gasteiger partial charge in [0.2, 0.25) is 0 Å². The molecule has 28 heavy (non-hydrogen) atoms. The van der Waals surface area contributed by atoms with Crippen LogP contribution in [0.25, 0.3) is 0 Å². The number of anilines is 3. The molecule has 2 aliphatic heterocycles. The largest absolute Gasteiger partial charge is 0.463 e. The van der Waals surface area contributed by atoms with Gasteiger partial charge in [0.25, 0.3) is 0 Å². The number of nitrogen functional groups attached to an aromatic ring is 1. The normalized spacial score (nSPS) is 21.1. The molecular formula is C21H36N6O. The van der Waals surface area contributed by atoms with Crippen LogP contribution in [-0.4, -0.2) is 53.8 Å². The standard InChI is InChI=1S/C21H36N6O/c1-2-3-14-28-21-24-19(22)18-20(25-21)27(15-23-18)13-10-16-8-11-26(12-9-16)17-6-4-5-7-17/h16-17,23H,2-15H2,1H3,(H2,22,24,25). The molecular weight excluding hydrogens is 352 g/mol. The summed E-state index contributed by atoms with van der Waals surface area (Å²) in [5, 5.41) is 3.36. The molecule has 0 atom stereocenters. The minimum Gasteiger partial charge on any atom is -0.463 e. The number of aromatic nitrogens is 2. The molecule has 4 rings (SSSR count). The monoisotopic (exact) mass is 388 g/mol. The average Bonchev–Trinajstić information content (AvgIpc) is 3.38. The van der Waals surface area contributed by atoms with E-state index in [1.165, 1.54) is 58.0 Å². The summed E-state index contributed by atoms with van der Waals surface area (Å²) in [6.45, 7) is 7.13. The van der Waals surface area contributed by atoms with Gasteiger partial charge >= 0.3 is 6.01 Å². The minimum absolute atomic E-state index is 0.406. The van der Waals surface area contributed by atoms with Crippen molar-refractivity contribution < 1.29 is 4.74 Å². The van der Waals surface area contributed by atoms with Crippen LogP contribution in [-0.2, 0) is 0 Å². The molecule has 3 heterocycles. The Morgan fingerprint density at radius 2 is 1.93 bits per heavy atom. The molecule has 156 valence electrons. The molecule has 3 N–H and O–H groups in total. The van der Waals surface area contributed by atoms with Crippen LogP contribution < -0.4 is 20.7 Å². The fourth-order valence-electron chi connectivity index (χ4n) is 4.86. The smallest absolute Gasteiger partial charge is 0.320 e. The van der Waals surface area contributed by atoms with Crippen LogP contribution in [0.15, 0.2) is 0 Å². The quantitative estimate of drug-likeness (QED) is 0.660. The first-order valence-electron chi connectivity index (χ1n) is 11.3. The molecule has 0 aromatic carbocycles. The van der Waals surface area contributed by atoms with Crippen LogP contribution in [0, 0.1) is 5.92 Å². The van der Waals surface area contributed by atoms with E-state index in [1.54, 1.807) is 0 Å². The maximum Gasteiger partial charge on any atom is 0.320 e. The number of ether oxygens (including phenoxy) is 1. The van der Waals surface area contributed by atoms with E-state index in [2.05, 4.69) is 32.0 Å². The zero-order valence-corrected chi connectivity index (χ0v) is 17.3. The molecule has 0 spiro atoms. The number of nitrogens with one attached hydrogen (secondary N) is 1. The van der Waals surface area contributed by atoms with E-state index in [9.17, 15) is 0 Å². The van der Waals surface area contributed by atoms with Crippen LogP contribution in [0.1, 0.15) is 64.7 Å². The molecule has 0 amide bonds. The van der Waals surface area contributed by atoms with Crippen LogP contribution in [0.5, 0.6) is 6.01 Å². The van der Waals surface area contributed by atoms with Crippen LogP contribution >= 0.6 is 0 Å². The van der Waals surface area contributed by atoms with E-state index < -0.39 is 0 Å². The second-order valence-electron chi connectivity index (χ2n) is 8.60. The summed E-state index contributed by atoms with van der Waals surface area (Å²) in [7, 11) is 0. The van der Waals surface area contributed by atoms with Gasteiger partial charge in [-0.3, -0.25) is 0 Å². The van der Waals surface area contributed by atoms with Crippen molar-refractivity contribution in [1.29, 1.82) is 0 Å². The number of rotatable bonds is 8. The molecule has 1 aromatic heterocycles. The summed E-state index contributed by atoms with van der Waals surface area (Å²) < 4.78 is 5.69. The zero-order valence-electron chi connectivity index (χ0n) is 17.3. The predicted octanol–water partition coefficient (Wildman–Crippen LogP) is 3.47. The molecule has 1 saturated heterocycles. The van der Waals surface area contributed by atoms with Gasteiger partial charge in [0.05, 0.1) is 13.3 Å². The average molecular weight is 389 g/mol. The maximum atomic E-state index is 6.13. The number of likely N-dealkylation sites (tertiary alicyclic amines) is 1. The van der Waals surface area contributed by atoms with Crippen molar-refractivity contribution in [1.82, 2.24) is 14.9 Å². The molecule has 7 nitrogen and oxygen atoms in total. The Balaban J connectivity index is 1.28. The number of piperidine rings is 1. The van der Waals surface area contributed by atoms with Crippen molar-refractivity contribution >= 4 is 17.3 Å². The van der Waals surface area contributed by atoms with Gasteiger partial charge in [0.1, 0.15) is 5.69 Å². The fourth-order valence-corrected chi connectivity index (χ4v) is 4.86. The first kappa shape index (κ1) is 19.6. The summed E-state index contributed by atoms with van der Waals surface area (Å²) >= 11 is 0. The van der Waals surface area contributed by atoms with Crippen LogP contribution in [0.3, 0.4) is 0 Å². The number of hydrogen-bond donors (Lipinski definition) is 2. The van der Waals surface area contributed by atoms with Crippen LogP contribution in [0.2, 0.25) is 0 Å². The van der Waals surface area contributed by atoms with Gasteiger partial charge in [0.15, 0.2) is 11.6 Å². The number of nitrogens with two attached hydrogens (primary N) is 1. The highest BCUT2D eigenvalue weighted by Crippen LogP contribution is 2.36. The lowest BCUT2D eigenvalue weighted by Gasteiger charge is -2.36. The molecule has 1 aromatic rings. The Morgan fingerprint density at radius 3 is 2.68 bits per heavy atom. The first-order chi connectivity index (χ1) is 13.7. The lowest BCUT2D eigenvalue weighted by molar-refractivity contribution is 0.131. The topological polar surface area (TPSA) is 79.5 Å². The van der Waals surface area contributed by atoms with Gasteiger partial charge in [-0.15, -0.1) is 0 Å². The summed E-state index contributed by atoms with van der Waals surface area (Å²) in [6.07, 6.45) is 11.7. The molecule has 2 fully saturated rings. The minimum atomic E-state index is 0.406. The van der Waals surface area contributed by atoms with Gasteiger partial charge in [0, 0.05) is 12.6 Å². The van der Waals surface area contributed by atoms with Gasteiger partial charge in [-0.05, 0) is 57.5 Å². The summed E-state index contributed by atoms with van der Waals surface area (Å²) in [5.74, 6) is 2.22. The van der Waals surface area contributed by atoms with E-state index in [1.807, 2.05) is 0 Å². The SMILES string of the molecule is CCCCOc1nc(N)c2c(n1)N(CCC1CCN(C3CCCC3)CC1)CN2. The van der Waals surface area contributed by atoms with E-state index in [-0.39, 0.29) is 0 Å². The van der Waals surface area contributed by atoms with Crippen molar-refractivity contribution in [3.05, 3.63) is 0 Å². The molecule has 3 aliphatic rings. The van der Waals surface area contributed by atoms with Gasteiger partial charge in [-0.1, -0.05) is 26.2 Å². The zero-order chi connectivity index (χ0) is 19.3. The van der Waals surface area contributed by atoms with Crippen molar-refractivity contribution in [3.63, 3.8) is 0 Å². The number of unbranched alkanes of at least 4 members (excludes halogenated alkanes) is 1. The number of fused-ring (bicyclic) bond motifs is 1. The Bertz CT molecular complexity index is 640. The van der Waals surface area contributed by atoms with Crippen LogP contribution in [0.4, 0.5) is 17.3 Å². The Morgan fingerprint density at radius 1 is 1.14 bits per heavy atom. The molecule has 0 radical (unpaired) electrons. The number of nitrogens with zero attached hydrogens (tertiary/aromatic N) is 4. The van der Waals surface area contributed by atoms with Crippen molar-refractivity contribution in [2.75, 3.05) is 48.9 Å². The van der Waals surface area contributed by atoms with Crippen molar-refractivity contribution in [2.45, 2.75) is 70.8 Å². The molecule has 1 saturated carbocycles. The fraction of sp³-hybridized carbons (Fsp3) is 0.810. The predicted molar refractivity (Wildman–Crippen MR) is 114 cm³/mol. The summed E-state index contributed by atoms with van der Waals surface area (Å²) in [6, 6.07) is 1.28. The van der Waals surface area contributed by atoms with E-state index in [0.717, 1.165) is 49.5 Å².